The predicted molar refractivity (Wildman–Crippen MR) is 70.9 cm³/mol. The van der Waals surface area contributed by atoms with Gasteiger partial charge in [0.05, 0.1) is 11.9 Å². The normalized spacial score (nSPS) is 11.3. The van der Waals surface area contributed by atoms with Crippen molar-refractivity contribution >= 4 is 33.0 Å². The van der Waals surface area contributed by atoms with Crippen molar-refractivity contribution < 1.29 is 12.8 Å². The summed E-state index contributed by atoms with van der Waals surface area (Å²) in [5.74, 6) is -0.886. The van der Waals surface area contributed by atoms with Crippen molar-refractivity contribution in [3.8, 4) is 0 Å². The summed E-state index contributed by atoms with van der Waals surface area (Å²) >= 11 is 5.58. The zero-order valence-electron chi connectivity index (χ0n) is 9.47. The molecule has 0 aliphatic rings. The Morgan fingerprint density at radius 3 is 2.63 bits per heavy atom. The lowest BCUT2D eigenvalue weighted by atomic mass is 10.3. The van der Waals surface area contributed by atoms with E-state index in [1.54, 1.807) is 0 Å². The molecular weight excluding hydrogens is 293 g/mol. The molecule has 1 aromatic carbocycles. The molecule has 2 aromatic rings. The van der Waals surface area contributed by atoms with Crippen LogP contribution in [0.15, 0.2) is 41.4 Å². The van der Waals surface area contributed by atoms with Gasteiger partial charge in [0.15, 0.2) is 0 Å². The van der Waals surface area contributed by atoms with Gasteiger partial charge in [-0.2, -0.15) is 0 Å². The van der Waals surface area contributed by atoms with E-state index in [2.05, 4.69) is 9.71 Å². The van der Waals surface area contributed by atoms with E-state index < -0.39 is 20.7 Å². The van der Waals surface area contributed by atoms with Crippen LogP contribution in [0.25, 0.3) is 0 Å². The molecule has 0 spiro atoms. The van der Waals surface area contributed by atoms with Crippen LogP contribution in [-0.4, -0.2) is 13.4 Å². The van der Waals surface area contributed by atoms with Gasteiger partial charge in [-0.3, -0.25) is 4.72 Å². The second kappa shape index (κ2) is 5.02. The quantitative estimate of drug-likeness (QED) is 0.672. The summed E-state index contributed by atoms with van der Waals surface area (Å²) in [4.78, 5) is 3.19. The molecule has 0 unspecified atom stereocenters. The first-order valence-electron chi connectivity index (χ1n) is 5.08. The van der Waals surface area contributed by atoms with Crippen LogP contribution in [0.3, 0.4) is 0 Å². The second-order valence-electron chi connectivity index (χ2n) is 3.66. The molecule has 2 rings (SSSR count). The highest BCUT2D eigenvalue weighted by molar-refractivity contribution is 7.92. The average molecular weight is 302 g/mol. The number of nitrogens with two attached hydrogens (primary N) is 1. The number of sulfonamides is 1. The Bertz CT molecular complexity index is 704. The molecule has 5 nitrogen and oxygen atoms in total. The van der Waals surface area contributed by atoms with Crippen molar-refractivity contribution in [1.29, 1.82) is 0 Å². The molecule has 100 valence electrons. The summed E-state index contributed by atoms with van der Waals surface area (Å²) in [5.41, 5.74) is 5.77. The van der Waals surface area contributed by atoms with Crippen LogP contribution in [-0.2, 0) is 10.0 Å². The molecule has 1 aromatic heterocycles. The average Bonchev–Trinajstić information content (AvgIpc) is 2.35. The Labute approximate surface area is 114 Å². The number of hydrogen-bond acceptors (Lipinski definition) is 4. The van der Waals surface area contributed by atoms with Gasteiger partial charge in [0, 0.05) is 5.69 Å². The summed E-state index contributed by atoms with van der Waals surface area (Å²) in [6.07, 6.45) is 1.23. The fraction of sp³-hybridized carbons (Fsp3) is 0. The van der Waals surface area contributed by atoms with Crippen LogP contribution < -0.4 is 10.5 Å². The van der Waals surface area contributed by atoms with E-state index in [4.69, 9.17) is 17.3 Å². The van der Waals surface area contributed by atoms with Crippen LogP contribution in [0.5, 0.6) is 0 Å². The van der Waals surface area contributed by atoms with E-state index >= 15 is 0 Å². The second-order valence-corrected chi connectivity index (χ2v) is 5.70. The van der Waals surface area contributed by atoms with Gasteiger partial charge >= 0.3 is 0 Å². The predicted octanol–water partition coefficient (Wildman–Crippen LogP) is 2.26. The molecule has 1 heterocycles. The molecule has 0 aliphatic carbocycles. The number of nitrogens with zero attached hydrogens (tertiary/aromatic N) is 1. The SMILES string of the molecule is Nc1ccc(F)c(S(=O)(=O)Nc2ccc(Cl)nc2)c1. The Morgan fingerprint density at radius 1 is 1.26 bits per heavy atom. The van der Waals surface area contributed by atoms with Crippen molar-refractivity contribution in [2.24, 2.45) is 0 Å². The lowest BCUT2D eigenvalue weighted by Gasteiger charge is -2.09. The highest BCUT2D eigenvalue weighted by Gasteiger charge is 2.19. The summed E-state index contributed by atoms with van der Waals surface area (Å²) in [5, 5.41) is 0.220. The van der Waals surface area contributed by atoms with Crippen LogP contribution in [0.2, 0.25) is 5.15 Å². The van der Waals surface area contributed by atoms with Gasteiger partial charge in [-0.15, -0.1) is 0 Å². The molecule has 0 amide bonds. The third kappa shape index (κ3) is 3.12. The number of halogens is 2. The van der Waals surface area contributed by atoms with Crippen molar-refractivity contribution in [3.05, 3.63) is 47.5 Å². The first-order chi connectivity index (χ1) is 8.88. The number of nitrogen functional groups attached to an aromatic ring is 1. The van der Waals surface area contributed by atoms with E-state index in [0.717, 1.165) is 12.1 Å². The fourth-order valence-electron chi connectivity index (χ4n) is 1.37. The van der Waals surface area contributed by atoms with E-state index in [1.807, 2.05) is 0 Å². The molecular formula is C11H9ClFN3O2S. The number of anilines is 2. The molecule has 3 N–H and O–H groups in total. The third-order valence-electron chi connectivity index (χ3n) is 2.22. The Balaban J connectivity index is 2.37. The molecule has 0 aliphatic heterocycles. The first kappa shape index (κ1) is 13.6. The van der Waals surface area contributed by atoms with E-state index in [0.29, 0.717) is 0 Å². The van der Waals surface area contributed by atoms with Crippen molar-refractivity contribution in [1.82, 2.24) is 4.98 Å². The number of benzene rings is 1. The maximum atomic E-state index is 13.5. The van der Waals surface area contributed by atoms with Crippen LogP contribution >= 0.6 is 11.6 Å². The monoisotopic (exact) mass is 301 g/mol. The zero-order valence-corrected chi connectivity index (χ0v) is 11.0. The Kier molecular flexibility index (Phi) is 3.59. The van der Waals surface area contributed by atoms with Gasteiger partial charge in [0.25, 0.3) is 10.0 Å². The molecule has 0 saturated carbocycles. The topological polar surface area (TPSA) is 85.1 Å². The van der Waals surface area contributed by atoms with Gasteiger partial charge in [0.2, 0.25) is 0 Å². The van der Waals surface area contributed by atoms with E-state index in [9.17, 15) is 12.8 Å². The summed E-state index contributed by atoms with van der Waals surface area (Å²) in [6, 6.07) is 6.13. The van der Waals surface area contributed by atoms with Crippen LogP contribution in [0.1, 0.15) is 0 Å². The largest absolute Gasteiger partial charge is 0.399 e. The zero-order chi connectivity index (χ0) is 14.0. The lowest BCUT2D eigenvalue weighted by Crippen LogP contribution is -2.15. The van der Waals surface area contributed by atoms with Crippen molar-refractivity contribution in [3.63, 3.8) is 0 Å². The Hall–Kier alpha value is -1.86. The highest BCUT2D eigenvalue weighted by Crippen LogP contribution is 2.21. The molecule has 8 heteroatoms. The lowest BCUT2D eigenvalue weighted by molar-refractivity contribution is 0.570. The van der Waals surface area contributed by atoms with Crippen molar-refractivity contribution in [2.45, 2.75) is 4.90 Å². The highest BCUT2D eigenvalue weighted by atomic mass is 35.5. The van der Waals surface area contributed by atoms with E-state index in [1.165, 1.54) is 24.4 Å². The van der Waals surface area contributed by atoms with Gasteiger partial charge in [-0.1, -0.05) is 11.6 Å². The minimum absolute atomic E-state index is 0.149. The van der Waals surface area contributed by atoms with Crippen molar-refractivity contribution in [2.75, 3.05) is 10.5 Å². The van der Waals surface area contributed by atoms with Gasteiger partial charge in [-0.25, -0.2) is 17.8 Å². The molecule has 0 radical (unpaired) electrons. The summed E-state index contributed by atoms with van der Waals surface area (Å²) in [7, 11) is -4.07. The minimum Gasteiger partial charge on any atom is -0.399 e. The number of hydrogen-bond donors (Lipinski definition) is 2. The van der Waals surface area contributed by atoms with Gasteiger partial charge in [-0.05, 0) is 30.3 Å². The van der Waals surface area contributed by atoms with Gasteiger partial charge < -0.3 is 5.73 Å². The number of nitrogens with one attached hydrogen (secondary N) is 1. The minimum atomic E-state index is -4.07. The van der Waals surface area contributed by atoms with Gasteiger partial charge in [0.1, 0.15) is 15.9 Å². The summed E-state index contributed by atoms with van der Waals surface area (Å²) < 4.78 is 39.7. The number of rotatable bonds is 3. The number of aromatic nitrogens is 1. The van der Waals surface area contributed by atoms with E-state index in [-0.39, 0.29) is 16.5 Å². The molecule has 0 fully saturated rings. The first-order valence-corrected chi connectivity index (χ1v) is 6.94. The van der Waals surface area contributed by atoms with Crippen LogP contribution in [0.4, 0.5) is 15.8 Å². The molecule has 0 bridgehead atoms. The van der Waals surface area contributed by atoms with Crippen LogP contribution in [0, 0.1) is 5.82 Å². The molecule has 0 atom stereocenters. The maximum absolute atomic E-state index is 13.5. The standard InChI is InChI=1S/C11H9ClFN3O2S/c12-11-4-2-8(6-15-11)16-19(17,18)10-5-7(14)1-3-9(10)13/h1-6,16H,14H2. The molecule has 0 saturated heterocycles. The molecule has 19 heavy (non-hydrogen) atoms. The third-order valence-corrected chi connectivity index (χ3v) is 3.84. The smallest absolute Gasteiger partial charge is 0.264 e. The number of pyridine rings is 1. The fourth-order valence-corrected chi connectivity index (χ4v) is 2.64. The maximum Gasteiger partial charge on any atom is 0.264 e. The Morgan fingerprint density at radius 2 is 2.00 bits per heavy atom. The summed E-state index contributed by atoms with van der Waals surface area (Å²) in [6.45, 7) is 0.